The van der Waals surface area contributed by atoms with Crippen LogP contribution in [0, 0.1) is 11.9 Å². The molecule has 0 atom stereocenters. The van der Waals surface area contributed by atoms with E-state index >= 15 is 0 Å². The van der Waals surface area contributed by atoms with Crippen molar-refractivity contribution in [3.05, 3.63) is 30.1 Å². The van der Waals surface area contributed by atoms with Gasteiger partial charge in [-0.3, -0.25) is 0 Å². The van der Waals surface area contributed by atoms with Gasteiger partial charge in [-0.25, -0.2) is 4.39 Å². The largest absolute Gasteiger partial charge is 2.00 e. The Labute approximate surface area is 91.9 Å². The van der Waals surface area contributed by atoms with E-state index in [1.54, 1.807) is 0 Å². The molecule has 0 radical (unpaired) electrons. The molecule has 0 saturated heterocycles. The average Bonchev–Trinajstić information content (AvgIpc) is 1.89. The van der Waals surface area contributed by atoms with Crippen LogP contribution in [0.15, 0.2) is 18.2 Å². The third-order valence-corrected chi connectivity index (χ3v) is 0.996. The van der Waals surface area contributed by atoms with Crippen molar-refractivity contribution in [2.24, 2.45) is 0 Å². The molecule has 1 aromatic rings. The van der Waals surface area contributed by atoms with E-state index in [1.165, 1.54) is 25.3 Å². The van der Waals surface area contributed by atoms with Gasteiger partial charge in [0.1, 0.15) is 0 Å². The monoisotopic (exact) mass is 228 g/mol. The van der Waals surface area contributed by atoms with E-state index in [0.717, 1.165) is 0 Å². The van der Waals surface area contributed by atoms with Gasteiger partial charge >= 0.3 is 23.1 Å². The first-order valence-corrected chi connectivity index (χ1v) is 2.54. The fourth-order valence-electron chi connectivity index (χ4n) is 0.553. The summed E-state index contributed by atoms with van der Waals surface area (Å²) in [6.45, 7) is 0. The van der Waals surface area contributed by atoms with Crippen molar-refractivity contribution in [2.75, 3.05) is 7.11 Å². The summed E-state index contributed by atoms with van der Waals surface area (Å²) in [4.78, 5) is 0. The topological polar surface area (TPSA) is 9.23 Å². The molecular formula is C7H6BrFMgO. The Morgan fingerprint density at radius 3 is 2.55 bits per heavy atom. The molecular weight excluding hydrogens is 223 g/mol. The van der Waals surface area contributed by atoms with E-state index in [2.05, 4.69) is 10.8 Å². The Kier molecular flexibility index (Phi) is 8.61. The first-order chi connectivity index (χ1) is 4.34. The predicted octanol–water partition coefficient (Wildman–Crippen LogP) is -1.74. The van der Waals surface area contributed by atoms with Gasteiger partial charge < -0.3 is 21.7 Å². The summed E-state index contributed by atoms with van der Waals surface area (Å²) >= 11 is 0. The van der Waals surface area contributed by atoms with Crippen molar-refractivity contribution in [3.8, 4) is 5.75 Å². The fourth-order valence-corrected chi connectivity index (χ4v) is 0.553. The molecule has 4 heteroatoms. The first-order valence-electron chi connectivity index (χ1n) is 2.54. The molecule has 0 saturated carbocycles. The Balaban J connectivity index is 0. The molecule has 11 heavy (non-hydrogen) atoms. The molecule has 0 heterocycles. The quantitative estimate of drug-likeness (QED) is 0.410. The molecule has 0 unspecified atom stereocenters. The summed E-state index contributed by atoms with van der Waals surface area (Å²) in [5.74, 6) is -0.117. The van der Waals surface area contributed by atoms with Crippen LogP contribution in [0.1, 0.15) is 0 Å². The molecule has 0 fully saturated rings. The molecule has 1 rings (SSSR count). The van der Waals surface area contributed by atoms with Crippen LogP contribution in [-0.4, -0.2) is 30.2 Å². The van der Waals surface area contributed by atoms with Crippen LogP contribution in [0.4, 0.5) is 4.39 Å². The number of hydrogen-bond acceptors (Lipinski definition) is 1. The van der Waals surface area contributed by atoms with Crippen molar-refractivity contribution < 1.29 is 26.1 Å². The van der Waals surface area contributed by atoms with Gasteiger partial charge in [-0.2, -0.15) is 12.1 Å². The fraction of sp³-hybridized carbons (Fsp3) is 0.143. The molecule has 0 spiro atoms. The van der Waals surface area contributed by atoms with Crippen LogP contribution < -0.4 is 21.7 Å². The van der Waals surface area contributed by atoms with Crippen LogP contribution in [0.5, 0.6) is 5.75 Å². The summed E-state index contributed by atoms with van der Waals surface area (Å²) in [5.41, 5.74) is 0. The number of benzene rings is 1. The van der Waals surface area contributed by atoms with Crippen LogP contribution >= 0.6 is 0 Å². The number of rotatable bonds is 1. The third kappa shape index (κ3) is 3.93. The molecule has 0 amide bonds. The molecule has 0 aromatic heterocycles. The van der Waals surface area contributed by atoms with Gasteiger partial charge in [0.05, 0.1) is 12.9 Å². The van der Waals surface area contributed by atoms with E-state index in [-0.39, 0.29) is 51.6 Å². The van der Waals surface area contributed by atoms with Gasteiger partial charge in [0.2, 0.25) is 0 Å². The van der Waals surface area contributed by atoms with Gasteiger partial charge in [0.15, 0.2) is 0 Å². The smallest absolute Gasteiger partial charge is 1.00 e. The Hall–Kier alpha value is 0.196. The van der Waals surface area contributed by atoms with Gasteiger partial charge in [-0.1, -0.05) is 0 Å². The summed E-state index contributed by atoms with van der Waals surface area (Å²) in [5, 5.41) is 0. The minimum Gasteiger partial charge on any atom is -1.00 e. The van der Waals surface area contributed by atoms with E-state index in [1.807, 2.05) is 0 Å². The van der Waals surface area contributed by atoms with Crippen molar-refractivity contribution in [1.82, 2.24) is 0 Å². The number of halogens is 2. The number of methoxy groups -OCH3 is 1. The third-order valence-electron chi connectivity index (χ3n) is 0.996. The zero-order valence-corrected chi connectivity index (χ0v) is 9.10. The molecule has 1 nitrogen and oxygen atoms in total. The maximum atomic E-state index is 12.4. The normalized spacial score (nSPS) is 7.45. The zero-order chi connectivity index (χ0) is 6.69. The van der Waals surface area contributed by atoms with Crippen LogP contribution in [0.25, 0.3) is 0 Å². The molecule has 0 N–H and O–H groups in total. The molecule has 56 valence electrons. The van der Waals surface area contributed by atoms with Crippen molar-refractivity contribution in [1.29, 1.82) is 0 Å². The van der Waals surface area contributed by atoms with Crippen molar-refractivity contribution in [3.63, 3.8) is 0 Å². The van der Waals surface area contributed by atoms with Crippen molar-refractivity contribution in [2.45, 2.75) is 0 Å². The number of ether oxygens (including phenoxy) is 1. The van der Waals surface area contributed by atoms with E-state index in [9.17, 15) is 4.39 Å². The van der Waals surface area contributed by atoms with Crippen LogP contribution in [0.3, 0.4) is 0 Å². The van der Waals surface area contributed by atoms with Gasteiger partial charge in [-0.15, -0.1) is 12.1 Å². The van der Waals surface area contributed by atoms with Crippen molar-refractivity contribution >= 4 is 23.1 Å². The Morgan fingerprint density at radius 2 is 2.18 bits per heavy atom. The van der Waals surface area contributed by atoms with Gasteiger partial charge in [-0.05, 0) is 0 Å². The van der Waals surface area contributed by atoms with Crippen LogP contribution in [-0.2, 0) is 0 Å². The van der Waals surface area contributed by atoms with Crippen LogP contribution in [0.2, 0.25) is 0 Å². The van der Waals surface area contributed by atoms with E-state index < -0.39 is 0 Å². The maximum Gasteiger partial charge on any atom is 2.00 e. The predicted molar refractivity (Wildman–Crippen MR) is 37.5 cm³/mol. The number of hydrogen-bond donors (Lipinski definition) is 0. The SMILES string of the molecule is COc1c[c-]ccc1F.[Br-].[Mg+2]. The van der Waals surface area contributed by atoms with E-state index in [4.69, 9.17) is 0 Å². The molecule has 1 aromatic carbocycles. The second kappa shape index (κ2) is 6.88. The molecule has 0 aliphatic carbocycles. The van der Waals surface area contributed by atoms with Gasteiger partial charge in [0.25, 0.3) is 0 Å². The molecule has 0 aliphatic heterocycles. The zero-order valence-electron chi connectivity index (χ0n) is 6.10. The Morgan fingerprint density at radius 1 is 1.55 bits per heavy atom. The summed E-state index contributed by atoms with van der Waals surface area (Å²) in [6, 6.07) is 6.94. The second-order valence-corrected chi connectivity index (χ2v) is 1.56. The summed E-state index contributed by atoms with van der Waals surface area (Å²) in [6.07, 6.45) is 0. The minimum absolute atomic E-state index is 0. The Bertz CT molecular complexity index is 207. The summed E-state index contributed by atoms with van der Waals surface area (Å²) in [7, 11) is 1.42. The molecule has 0 aliphatic rings. The average molecular weight is 229 g/mol. The van der Waals surface area contributed by atoms with E-state index in [0.29, 0.717) is 0 Å². The first kappa shape index (κ1) is 13.8. The second-order valence-electron chi connectivity index (χ2n) is 1.56. The molecule has 0 bridgehead atoms. The maximum absolute atomic E-state index is 12.4. The van der Waals surface area contributed by atoms with Gasteiger partial charge in [0, 0.05) is 5.75 Å². The standard InChI is InChI=1S/C7H6FO.BrH.Mg/c1-9-7-5-3-2-4-6(7)8;;/h2,4-5H,1H3;1H;/q-1;;+2/p-1. The minimum atomic E-state index is -0.351. The summed E-state index contributed by atoms with van der Waals surface area (Å²) < 4.78 is 17.1.